The Morgan fingerprint density at radius 1 is 1.00 bits per heavy atom. The van der Waals surface area contributed by atoms with E-state index < -0.39 is 0 Å². The fraction of sp³-hybridized carbons (Fsp3) is 0.364. The topological polar surface area (TPSA) is 127 Å². The number of nitrogen functional groups attached to an aromatic ring is 1. The molecule has 0 atom stereocenters. The Kier molecular flexibility index (Phi) is 7.99. The molecule has 2 fully saturated rings. The second-order valence-corrected chi connectivity index (χ2v) is 11.6. The third-order valence-corrected chi connectivity index (χ3v) is 9.03. The Morgan fingerprint density at radius 2 is 1.78 bits per heavy atom. The number of hydrogen-bond acceptors (Lipinski definition) is 11. The minimum Gasteiger partial charge on any atom is -0.493 e. The first-order valence-corrected chi connectivity index (χ1v) is 15.5. The monoisotopic (exact) mass is 627 g/mol. The van der Waals surface area contributed by atoms with Gasteiger partial charge in [0.25, 0.3) is 0 Å². The number of anilines is 4. The SMILES string of the molecule is COc1cc2c(c(OC)c1OC)=C1NN=C(n3nc(Nc4ccc(N5CCC(N6CCCC6)CC5)c(F)c4)nc3N)C=C1C=CC=2. The van der Waals surface area contributed by atoms with Crippen molar-refractivity contribution in [3.63, 3.8) is 0 Å². The van der Waals surface area contributed by atoms with Crippen LogP contribution in [0.3, 0.4) is 0 Å². The molecule has 0 radical (unpaired) electrons. The van der Waals surface area contributed by atoms with E-state index in [1.54, 1.807) is 21.3 Å². The summed E-state index contributed by atoms with van der Waals surface area (Å²) in [6.45, 7) is 4.09. The zero-order valence-electron chi connectivity index (χ0n) is 26.2. The fourth-order valence-corrected chi connectivity index (χ4v) is 6.78. The van der Waals surface area contributed by atoms with Gasteiger partial charge in [-0.2, -0.15) is 14.8 Å². The van der Waals surface area contributed by atoms with Crippen LogP contribution < -0.4 is 46.0 Å². The average Bonchev–Trinajstić information content (AvgIpc) is 3.70. The highest BCUT2D eigenvalue weighted by Crippen LogP contribution is 2.34. The molecule has 4 aliphatic rings. The van der Waals surface area contributed by atoms with Crippen LogP contribution >= 0.6 is 0 Å². The summed E-state index contributed by atoms with van der Waals surface area (Å²) in [6.07, 6.45) is 12.4. The van der Waals surface area contributed by atoms with Crippen LogP contribution in [0.2, 0.25) is 0 Å². The average molecular weight is 628 g/mol. The quantitative estimate of drug-likeness (QED) is 0.360. The number of fused-ring (bicyclic) bond motifs is 2. The summed E-state index contributed by atoms with van der Waals surface area (Å²) >= 11 is 0. The van der Waals surface area contributed by atoms with Gasteiger partial charge in [0.1, 0.15) is 5.82 Å². The van der Waals surface area contributed by atoms with Gasteiger partial charge in [0.2, 0.25) is 17.6 Å². The standard InChI is InChI=1S/C33H38FN9O3/c1-44-26-17-20-7-6-8-21-18-27(38-39-29(21)28(20)31(46-3)30(26)45-2)43-32(35)37-33(40-43)36-22-9-10-25(24(34)19-22)42-15-11-23(12-16-42)41-13-4-5-14-41/h6-10,17-19,23,39H,4-5,11-16H2,1-3H3,(H3,35,36,37,40). The van der Waals surface area contributed by atoms with Crippen LogP contribution in [0.15, 0.2) is 53.2 Å². The molecule has 46 heavy (non-hydrogen) atoms. The number of nitrogens with one attached hydrogen (secondary N) is 2. The van der Waals surface area contributed by atoms with E-state index in [0.717, 1.165) is 47.6 Å². The van der Waals surface area contributed by atoms with E-state index in [2.05, 4.69) is 35.7 Å². The number of allylic oxidation sites excluding steroid dienone is 2. The number of methoxy groups -OCH3 is 3. The highest BCUT2D eigenvalue weighted by molar-refractivity contribution is 6.01. The molecule has 4 heterocycles. The van der Waals surface area contributed by atoms with Crippen molar-refractivity contribution < 1.29 is 18.6 Å². The summed E-state index contributed by atoms with van der Waals surface area (Å²) < 4.78 is 33.7. The van der Waals surface area contributed by atoms with Crippen LogP contribution in [-0.4, -0.2) is 79.1 Å². The maximum Gasteiger partial charge on any atom is 0.248 e. The van der Waals surface area contributed by atoms with E-state index in [-0.39, 0.29) is 17.7 Å². The number of aromatic nitrogens is 3. The summed E-state index contributed by atoms with van der Waals surface area (Å²) in [5.41, 5.74) is 12.1. The maximum atomic E-state index is 15.3. The molecule has 0 saturated carbocycles. The van der Waals surface area contributed by atoms with Crippen molar-refractivity contribution in [2.24, 2.45) is 5.10 Å². The fourth-order valence-electron chi connectivity index (χ4n) is 6.78. The Balaban J connectivity index is 1.10. The number of hydrazone groups is 1. The van der Waals surface area contributed by atoms with Gasteiger partial charge in [-0.15, -0.1) is 5.10 Å². The highest BCUT2D eigenvalue weighted by Gasteiger charge is 2.28. The second-order valence-electron chi connectivity index (χ2n) is 11.6. The van der Waals surface area contributed by atoms with Crippen LogP contribution in [0.4, 0.5) is 27.7 Å². The van der Waals surface area contributed by atoms with Crippen LogP contribution in [-0.2, 0) is 0 Å². The van der Waals surface area contributed by atoms with E-state index in [9.17, 15) is 0 Å². The molecule has 13 heteroatoms. The lowest BCUT2D eigenvalue weighted by Crippen LogP contribution is -2.44. The van der Waals surface area contributed by atoms with Gasteiger partial charge in [-0.3, -0.25) is 5.43 Å². The summed E-state index contributed by atoms with van der Waals surface area (Å²) in [6, 6.07) is 7.63. The predicted molar refractivity (Wildman–Crippen MR) is 177 cm³/mol. The van der Waals surface area contributed by atoms with Gasteiger partial charge in [0, 0.05) is 30.4 Å². The Bertz CT molecular complexity index is 1870. The van der Waals surface area contributed by atoms with Crippen molar-refractivity contribution in [1.82, 2.24) is 25.1 Å². The third kappa shape index (κ3) is 5.40. The van der Waals surface area contributed by atoms with Gasteiger partial charge in [-0.25, -0.2) is 4.39 Å². The molecule has 0 spiro atoms. The Labute approximate surface area is 266 Å². The number of hydrogen-bond donors (Lipinski definition) is 3. The predicted octanol–water partition coefficient (Wildman–Crippen LogP) is 2.68. The first-order valence-electron chi connectivity index (χ1n) is 15.5. The maximum absolute atomic E-state index is 15.3. The normalized spacial score (nSPS) is 18.1. The van der Waals surface area contributed by atoms with E-state index in [1.807, 2.05) is 42.5 Å². The number of benzene rings is 2. The van der Waals surface area contributed by atoms with Gasteiger partial charge in [0.15, 0.2) is 17.3 Å². The molecular formula is C33H38FN9O3. The van der Waals surface area contributed by atoms with Crippen LogP contribution in [0.1, 0.15) is 25.7 Å². The first-order chi connectivity index (χ1) is 22.5. The number of ether oxygens (including phenoxy) is 3. The van der Waals surface area contributed by atoms with Gasteiger partial charge in [0.05, 0.1) is 37.9 Å². The number of nitrogens with zero attached hydrogens (tertiary/aromatic N) is 6. The minimum absolute atomic E-state index is 0.120. The van der Waals surface area contributed by atoms with E-state index in [1.165, 1.54) is 36.7 Å². The van der Waals surface area contributed by atoms with Gasteiger partial charge in [-0.1, -0.05) is 18.2 Å². The highest BCUT2D eigenvalue weighted by atomic mass is 19.1. The summed E-state index contributed by atoms with van der Waals surface area (Å²) in [7, 11) is 4.73. The van der Waals surface area contributed by atoms with Gasteiger partial charge in [-0.05, 0) is 74.3 Å². The molecule has 3 aliphatic heterocycles. The molecule has 2 aromatic carbocycles. The second kappa shape index (κ2) is 12.4. The van der Waals surface area contributed by atoms with Gasteiger partial charge < -0.3 is 35.1 Å². The van der Waals surface area contributed by atoms with E-state index in [0.29, 0.717) is 40.5 Å². The van der Waals surface area contributed by atoms with Crippen molar-refractivity contribution >= 4 is 40.9 Å². The molecule has 1 aromatic heterocycles. The summed E-state index contributed by atoms with van der Waals surface area (Å²) in [5, 5.41) is 13.8. The number of halogens is 1. The summed E-state index contributed by atoms with van der Waals surface area (Å²) in [4.78, 5) is 9.10. The lowest BCUT2D eigenvalue weighted by Gasteiger charge is -2.37. The number of piperidine rings is 1. The number of nitrogens with two attached hydrogens (primary N) is 1. The summed E-state index contributed by atoms with van der Waals surface area (Å²) in [5.74, 6) is 2.02. The van der Waals surface area contributed by atoms with Crippen LogP contribution in [0.25, 0.3) is 11.8 Å². The molecule has 7 rings (SSSR count). The van der Waals surface area contributed by atoms with Crippen molar-refractivity contribution in [3.05, 3.63) is 64.3 Å². The van der Waals surface area contributed by atoms with E-state index >= 15 is 4.39 Å². The van der Waals surface area contributed by atoms with Crippen LogP contribution in [0, 0.1) is 5.82 Å². The Hall–Kier alpha value is -5.04. The Morgan fingerprint density at radius 3 is 2.50 bits per heavy atom. The molecule has 1 aliphatic carbocycles. The zero-order valence-corrected chi connectivity index (χ0v) is 26.2. The first kappa shape index (κ1) is 29.7. The minimum atomic E-state index is -0.285. The zero-order chi connectivity index (χ0) is 31.8. The van der Waals surface area contributed by atoms with Crippen molar-refractivity contribution in [3.8, 4) is 17.2 Å². The molecule has 0 bridgehead atoms. The number of rotatable bonds is 7. The molecule has 3 aromatic rings. The van der Waals surface area contributed by atoms with Crippen molar-refractivity contribution in [1.29, 1.82) is 0 Å². The van der Waals surface area contributed by atoms with Crippen LogP contribution in [0.5, 0.6) is 17.2 Å². The van der Waals surface area contributed by atoms with Gasteiger partial charge >= 0.3 is 0 Å². The lowest BCUT2D eigenvalue weighted by molar-refractivity contribution is 0.207. The van der Waals surface area contributed by atoms with Crippen molar-refractivity contribution in [2.75, 3.05) is 63.5 Å². The number of likely N-dealkylation sites (tertiary alicyclic amines) is 1. The molecule has 0 unspecified atom stereocenters. The molecule has 4 N–H and O–H groups in total. The largest absolute Gasteiger partial charge is 0.493 e. The molecule has 0 amide bonds. The molecule has 12 nitrogen and oxygen atoms in total. The van der Waals surface area contributed by atoms with Crippen molar-refractivity contribution in [2.45, 2.75) is 31.7 Å². The molecular weight excluding hydrogens is 589 g/mol. The molecule has 240 valence electrons. The molecule has 2 saturated heterocycles. The van der Waals surface area contributed by atoms with E-state index in [4.69, 9.17) is 19.9 Å². The lowest BCUT2D eigenvalue weighted by atomic mass is 10.0. The smallest absolute Gasteiger partial charge is 0.248 e. The third-order valence-electron chi connectivity index (χ3n) is 9.03.